The van der Waals surface area contributed by atoms with E-state index in [4.69, 9.17) is 0 Å². The summed E-state index contributed by atoms with van der Waals surface area (Å²) in [6.07, 6.45) is 1.09. The standard InChI is InChI=1S/C8H10O2/c1-5-3-4-7(9)6(2)8(5)10/h10H,1,3-4H2,2H3. The molecule has 0 unspecified atom stereocenters. The van der Waals surface area contributed by atoms with Gasteiger partial charge in [0.2, 0.25) is 0 Å². The highest BCUT2D eigenvalue weighted by molar-refractivity contribution is 5.97. The summed E-state index contributed by atoms with van der Waals surface area (Å²) in [6.45, 7) is 5.25. The molecule has 10 heavy (non-hydrogen) atoms. The maximum Gasteiger partial charge on any atom is 0.162 e. The van der Waals surface area contributed by atoms with E-state index < -0.39 is 0 Å². The fourth-order valence-corrected chi connectivity index (χ4v) is 0.968. The summed E-state index contributed by atoms with van der Waals surface area (Å²) in [4.78, 5) is 10.9. The SMILES string of the molecule is C=C1CCC(=O)C(C)=C1O. The number of hydrogen-bond acceptors (Lipinski definition) is 2. The maximum absolute atomic E-state index is 10.9. The molecule has 0 aromatic heterocycles. The van der Waals surface area contributed by atoms with E-state index in [0.29, 0.717) is 24.0 Å². The summed E-state index contributed by atoms with van der Waals surface area (Å²) < 4.78 is 0. The Morgan fingerprint density at radius 1 is 1.50 bits per heavy atom. The minimum atomic E-state index is 0.0323. The lowest BCUT2D eigenvalue weighted by molar-refractivity contribution is -0.115. The average Bonchev–Trinajstić information content (AvgIpc) is 1.93. The minimum absolute atomic E-state index is 0.0323. The van der Waals surface area contributed by atoms with Crippen molar-refractivity contribution in [3.8, 4) is 0 Å². The molecule has 0 amide bonds. The number of ketones is 1. The van der Waals surface area contributed by atoms with Crippen molar-refractivity contribution < 1.29 is 9.90 Å². The summed E-state index contributed by atoms with van der Waals surface area (Å²) >= 11 is 0. The number of aliphatic hydroxyl groups excluding tert-OH is 1. The molecule has 0 aliphatic heterocycles. The molecule has 0 atom stereocenters. The molecule has 0 radical (unpaired) electrons. The van der Waals surface area contributed by atoms with Gasteiger partial charge in [0.25, 0.3) is 0 Å². The summed E-state index contributed by atoms with van der Waals surface area (Å²) in [7, 11) is 0. The molecule has 2 heteroatoms. The van der Waals surface area contributed by atoms with Crippen LogP contribution in [0.3, 0.4) is 0 Å². The zero-order chi connectivity index (χ0) is 7.72. The van der Waals surface area contributed by atoms with E-state index in [2.05, 4.69) is 6.58 Å². The first-order chi connectivity index (χ1) is 4.63. The van der Waals surface area contributed by atoms with Gasteiger partial charge in [-0.15, -0.1) is 0 Å². The topological polar surface area (TPSA) is 37.3 Å². The Morgan fingerprint density at radius 2 is 2.10 bits per heavy atom. The van der Waals surface area contributed by atoms with Crippen molar-refractivity contribution >= 4 is 5.78 Å². The Bertz CT molecular complexity index is 199. The normalized spacial score (nSPS) is 20.1. The monoisotopic (exact) mass is 138 g/mol. The van der Waals surface area contributed by atoms with Crippen LogP contribution in [0.25, 0.3) is 0 Å². The van der Waals surface area contributed by atoms with Gasteiger partial charge in [-0.2, -0.15) is 0 Å². The molecule has 0 saturated carbocycles. The third kappa shape index (κ3) is 0.967. The Labute approximate surface area is 59.9 Å². The van der Waals surface area contributed by atoms with E-state index in [-0.39, 0.29) is 11.5 Å². The predicted octanol–water partition coefficient (Wildman–Crippen LogP) is 1.74. The average molecular weight is 138 g/mol. The van der Waals surface area contributed by atoms with Crippen molar-refractivity contribution in [1.29, 1.82) is 0 Å². The Balaban J connectivity index is 3.03. The maximum atomic E-state index is 10.9. The van der Waals surface area contributed by atoms with Crippen LogP contribution >= 0.6 is 0 Å². The first kappa shape index (κ1) is 7.06. The molecule has 1 aliphatic rings. The first-order valence-electron chi connectivity index (χ1n) is 3.24. The van der Waals surface area contributed by atoms with E-state index >= 15 is 0 Å². The number of hydrogen-bond donors (Lipinski definition) is 1. The van der Waals surface area contributed by atoms with Crippen molar-refractivity contribution in [2.45, 2.75) is 19.8 Å². The van der Waals surface area contributed by atoms with Crippen LogP contribution in [-0.2, 0) is 4.79 Å². The van der Waals surface area contributed by atoms with Crippen LogP contribution in [0.1, 0.15) is 19.8 Å². The number of Topliss-reactive ketones (excluding diaryl/α,β-unsaturated/α-hetero) is 1. The van der Waals surface area contributed by atoms with Gasteiger partial charge in [0.05, 0.1) is 0 Å². The van der Waals surface area contributed by atoms with E-state index in [1.54, 1.807) is 6.92 Å². The third-order valence-electron chi connectivity index (χ3n) is 1.76. The van der Waals surface area contributed by atoms with Crippen molar-refractivity contribution in [2.24, 2.45) is 0 Å². The van der Waals surface area contributed by atoms with Gasteiger partial charge in [-0.25, -0.2) is 0 Å². The van der Waals surface area contributed by atoms with Crippen molar-refractivity contribution in [3.05, 3.63) is 23.5 Å². The highest BCUT2D eigenvalue weighted by Gasteiger charge is 2.18. The second kappa shape index (κ2) is 2.29. The number of carbonyl (C=O) groups excluding carboxylic acids is 1. The van der Waals surface area contributed by atoms with E-state index in [0.717, 1.165) is 0 Å². The van der Waals surface area contributed by atoms with Gasteiger partial charge in [-0.1, -0.05) is 6.58 Å². The Kier molecular flexibility index (Phi) is 1.62. The van der Waals surface area contributed by atoms with Gasteiger partial charge in [-0.05, 0) is 18.9 Å². The van der Waals surface area contributed by atoms with Crippen LogP contribution in [0, 0.1) is 0 Å². The van der Waals surface area contributed by atoms with Crippen LogP contribution in [0.5, 0.6) is 0 Å². The molecule has 2 nitrogen and oxygen atoms in total. The highest BCUT2D eigenvalue weighted by atomic mass is 16.3. The van der Waals surface area contributed by atoms with Gasteiger partial charge >= 0.3 is 0 Å². The fourth-order valence-electron chi connectivity index (χ4n) is 0.968. The zero-order valence-corrected chi connectivity index (χ0v) is 5.98. The lowest BCUT2D eigenvalue weighted by atomic mass is 9.94. The molecule has 0 fully saturated rings. The van der Waals surface area contributed by atoms with Crippen molar-refractivity contribution in [2.75, 3.05) is 0 Å². The number of allylic oxidation sites excluding steroid dienone is 2. The summed E-state index contributed by atoms with van der Waals surface area (Å²) in [5, 5.41) is 9.18. The summed E-state index contributed by atoms with van der Waals surface area (Å²) in [5.41, 5.74) is 1.13. The van der Waals surface area contributed by atoms with Crippen molar-refractivity contribution in [3.63, 3.8) is 0 Å². The summed E-state index contributed by atoms with van der Waals surface area (Å²) in [6, 6.07) is 0. The fraction of sp³-hybridized carbons (Fsp3) is 0.375. The lowest BCUT2D eigenvalue weighted by Gasteiger charge is -2.13. The van der Waals surface area contributed by atoms with Crippen LogP contribution in [0.2, 0.25) is 0 Å². The van der Waals surface area contributed by atoms with Crippen LogP contribution in [0.15, 0.2) is 23.5 Å². The third-order valence-corrected chi connectivity index (χ3v) is 1.76. The second-order valence-electron chi connectivity index (χ2n) is 2.50. The summed E-state index contributed by atoms with van der Waals surface area (Å²) in [5.74, 6) is 0.126. The Morgan fingerprint density at radius 3 is 2.60 bits per heavy atom. The molecule has 1 rings (SSSR count). The minimum Gasteiger partial charge on any atom is -0.507 e. The molecular weight excluding hydrogens is 128 g/mol. The quantitative estimate of drug-likeness (QED) is 0.553. The molecule has 54 valence electrons. The van der Waals surface area contributed by atoms with E-state index in [1.807, 2.05) is 0 Å². The van der Waals surface area contributed by atoms with Crippen LogP contribution in [-0.4, -0.2) is 10.9 Å². The molecule has 0 aromatic rings. The zero-order valence-electron chi connectivity index (χ0n) is 5.98. The van der Waals surface area contributed by atoms with E-state index in [9.17, 15) is 9.90 Å². The largest absolute Gasteiger partial charge is 0.507 e. The molecule has 1 N–H and O–H groups in total. The van der Waals surface area contributed by atoms with Gasteiger partial charge in [0.15, 0.2) is 5.78 Å². The van der Waals surface area contributed by atoms with Crippen molar-refractivity contribution in [1.82, 2.24) is 0 Å². The predicted molar refractivity (Wildman–Crippen MR) is 38.7 cm³/mol. The van der Waals surface area contributed by atoms with E-state index in [1.165, 1.54) is 0 Å². The number of carbonyl (C=O) groups is 1. The molecular formula is C8H10O2. The number of rotatable bonds is 0. The molecule has 0 saturated heterocycles. The molecule has 0 aromatic carbocycles. The van der Waals surface area contributed by atoms with Crippen LogP contribution < -0.4 is 0 Å². The van der Waals surface area contributed by atoms with Crippen LogP contribution in [0.4, 0.5) is 0 Å². The van der Waals surface area contributed by atoms with Gasteiger partial charge in [0, 0.05) is 12.0 Å². The lowest BCUT2D eigenvalue weighted by Crippen LogP contribution is -2.10. The first-order valence-corrected chi connectivity index (χ1v) is 3.24. The molecule has 0 heterocycles. The second-order valence-corrected chi connectivity index (χ2v) is 2.50. The van der Waals surface area contributed by atoms with Gasteiger partial charge < -0.3 is 5.11 Å². The molecule has 0 bridgehead atoms. The smallest absolute Gasteiger partial charge is 0.162 e. The highest BCUT2D eigenvalue weighted by Crippen LogP contribution is 2.23. The van der Waals surface area contributed by atoms with Gasteiger partial charge in [-0.3, -0.25) is 4.79 Å². The number of aliphatic hydroxyl groups is 1. The Hall–Kier alpha value is -1.05. The van der Waals surface area contributed by atoms with Gasteiger partial charge in [0.1, 0.15) is 5.76 Å². The molecule has 1 aliphatic carbocycles. The molecule has 0 spiro atoms.